The number of nitrogens with zero attached hydrogens (tertiary/aromatic N) is 3. The first-order valence-electron chi connectivity index (χ1n) is 17.3. The van der Waals surface area contributed by atoms with E-state index in [1.165, 1.54) is 13.1 Å². The number of nitro benzene ring substituents is 1. The van der Waals surface area contributed by atoms with Crippen LogP contribution in [0.1, 0.15) is 55.7 Å². The van der Waals surface area contributed by atoms with Gasteiger partial charge in [0, 0.05) is 30.3 Å². The molecule has 1 aliphatic rings. The van der Waals surface area contributed by atoms with Gasteiger partial charge in [-0.3, -0.25) is 23.7 Å². The van der Waals surface area contributed by atoms with E-state index in [4.69, 9.17) is 18.4 Å². The van der Waals surface area contributed by atoms with Crippen LogP contribution in [0.15, 0.2) is 136 Å². The molecule has 0 amide bonds. The van der Waals surface area contributed by atoms with Gasteiger partial charge in [0.2, 0.25) is 0 Å². The normalized spacial score (nSPS) is 17.5. The zero-order valence-electron chi connectivity index (χ0n) is 30.4. The highest BCUT2D eigenvalue weighted by atomic mass is 32.2. The summed E-state index contributed by atoms with van der Waals surface area (Å²) in [6, 6.07) is 32.5. The lowest BCUT2D eigenvalue weighted by atomic mass is 9.80. The minimum Gasteiger partial charge on any atom is -0.443 e. The van der Waals surface area contributed by atoms with Crippen molar-refractivity contribution in [3.63, 3.8) is 0 Å². The Balaban J connectivity index is 1.43. The van der Waals surface area contributed by atoms with Crippen LogP contribution >= 0.6 is 0 Å². The lowest BCUT2D eigenvalue weighted by Crippen LogP contribution is -2.47. The Morgan fingerprint density at radius 2 is 1.36 bits per heavy atom. The van der Waals surface area contributed by atoms with Gasteiger partial charge in [0.1, 0.15) is 29.6 Å². The van der Waals surface area contributed by atoms with Crippen molar-refractivity contribution in [1.82, 2.24) is 9.13 Å². The molecule has 0 N–H and O–H groups in total. The van der Waals surface area contributed by atoms with Crippen LogP contribution in [-0.2, 0) is 34.1 Å². The first-order valence-corrected chi connectivity index (χ1v) is 18.7. The van der Waals surface area contributed by atoms with Crippen LogP contribution in [0.4, 0.5) is 10.5 Å². The molecule has 0 aliphatic carbocycles. The monoisotopic (exact) mass is 769 g/mol. The van der Waals surface area contributed by atoms with Crippen LogP contribution in [-0.4, -0.2) is 53.0 Å². The van der Waals surface area contributed by atoms with Gasteiger partial charge in [-0.05, 0) is 56.5 Å². The van der Waals surface area contributed by atoms with Gasteiger partial charge in [-0.15, -0.1) is 0 Å². The molecule has 0 bridgehead atoms. The lowest BCUT2D eigenvalue weighted by Gasteiger charge is -2.37. The molecule has 5 aromatic rings. The summed E-state index contributed by atoms with van der Waals surface area (Å²) >= 11 is 0. The second kappa shape index (κ2) is 15.5. The summed E-state index contributed by atoms with van der Waals surface area (Å²) in [6.07, 6.45) is -3.91. The van der Waals surface area contributed by atoms with Crippen LogP contribution in [0.25, 0.3) is 0 Å². The molecule has 1 aromatic heterocycles. The first kappa shape index (κ1) is 39.0. The number of rotatable bonds is 11. The highest BCUT2D eigenvalue weighted by Gasteiger charge is 2.45. The molecule has 2 heterocycles. The molecule has 1 saturated heterocycles. The Labute approximate surface area is 316 Å². The van der Waals surface area contributed by atoms with Gasteiger partial charge in [-0.1, -0.05) is 91.0 Å². The number of benzene rings is 4. The minimum absolute atomic E-state index is 0.0148. The first-order chi connectivity index (χ1) is 26.1. The number of aromatic nitrogens is 2. The number of carbonyl (C=O) groups is 1. The summed E-state index contributed by atoms with van der Waals surface area (Å²) in [5.41, 5.74) is -2.26. The Kier molecular flexibility index (Phi) is 11.0. The summed E-state index contributed by atoms with van der Waals surface area (Å²) in [4.78, 5) is 50.2. The molecule has 0 saturated carbocycles. The van der Waals surface area contributed by atoms with Gasteiger partial charge in [-0.2, -0.15) is 13.0 Å². The molecule has 0 spiro atoms. The second-order valence-electron chi connectivity index (χ2n) is 13.9. The van der Waals surface area contributed by atoms with E-state index in [1.54, 1.807) is 20.8 Å². The molecule has 0 radical (unpaired) electrons. The number of aryl methyl sites for hydroxylation is 1. The molecule has 1 fully saturated rings. The van der Waals surface area contributed by atoms with Crippen LogP contribution < -0.4 is 11.2 Å². The summed E-state index contributed by atoms with van der Waals surface area (Å²) in [5.74, 6) is 0. The van der Waals surface area contributed by atoms with Crippen LogP contribution in [0.3, 0.4) is 0 Å². The van der Waals surface area contributed by atoms with E-state index >= 15 is 0 Å². The Hall–Kier alpha value is -5.74. The van der Waals surface area contributed by atoms with Gasteiger partial charge in [0.25, 0.3) is 21.4 Å². The Bertz CT molecular complexity index is 2300. The molecule has 55 heavy (non-hydrogen) atoms. The highest BCUT2D eigenvalue weighted by Crippen LogP contribution is 2.42. The van der Waals surface area contributed by atoms with Crippen molar-refractivity contribution in [3.05, 3.63) is 175 Å². The number of ether oxygens (including phenoxy) is 3. The summed E-state index contributed by atoms with van der Waals surface area (Å²) in [6.45, 7) is 5.89. The SMILES string of the molecule is Cc1cn([C@H]2C[C@@H](OS(=O)(=O)c3ccc([N+](=O)[O-])cc3)[C@@H](COC(c3ccccc3)(c3ccccc3)c3ccccc3)O2)c(=O)n(C(=O)OC(C)(C)C)c1=O. The Morgan fingerprint density at radius 1 is 0.855 bits per heavy atom. The zero-order valence-corrected chi connectivity index (χ0v) is 31.3. The van der Waals surface area contributed by atoms with E-state index in [1.807, 2.05) is 91.0 Å². The molecule has 4 aromatic carbocycles. The zero-order chi connectivity index (χ0) is 39.5. The summed E-state index contributed by atoms with van der Waals surface area (Å²) in [7, 11) is -4.58. The maximum absolute atomic E-state index is 13.8. The van der Waals surface area contributed by atoms with Gasteiger partial charge >= 0.3 is 11.8 Å². The quantitative estimate of drug-likeness (QED) is 0.0659. The van der Waals surface area contributed by atoms with E-state index in [0.29, 0.717) is 4.57 Å². The van der Waals surface area contributed by atoms with Crippen molar-refractivity contribution in [2.75, 3.05) is 6.61 Å². The van der Waals surface area contributed by atoms with Gasteiger partial charge < -0.3 is 14.2 Å². The predicted molar refractivity (Wildman–Crippen MR) is 200 cm³/mol. The smallest absolute Gasteiger partial charge is 0.425 e. The van der Waals surface area contributed by atoms with Crippen molar-refractivity contribution in [3.8, 4) is 0 Å². The number of hydrogen-bond donors (Lipinski definition) is 0. The van der Waals surface area contributed by atoms with E-state index < -0.39 is 62.0 Å². The third kappa shape index (κ3) is 8.19. The van der Waals surface area contributed by atoms with Gasteiger partial charge in [0.15, 0.2) is 0 Å². The largest absolute Gasteiger partial charge is 0.443 e. The van der Waals surface area contributed by atoms with E-state index in [2.05, 4.69) is 0 Å². The lowest BCUT2D eigenvalue weighted by molar-refractivity contribution is -0.384. The van der Waals surface area contributed by atoms with Crippen LogP contribution in [0.2, 0.25) is 0 Å². The number of hydrogen-bond acceptors (Lipinski definition) is 11. The molecule has 0 unspecified atom stereocenters. The summed E-state index contributed by atoms with van der Waals surface area (Å²) in [5, 5.41) is 11.2. The van der Waals surface area contributed by atoms with Crippen molar-refractivity contribution < 1.29 is 36.5 Å². The highest BCUT2D eigenvalue weighted by molar-refractivity contribution is 7.86. The molecular formula is C40H39N3O11S. The third-order valence-electron chi connectivity index (χ3n) is 8.94. The fourth-order valence-electron chi connectivity index (χ4n) is 6.42. The topological polar surface area (TPSA) is 175 Å². The number of carbonyl (C=O) groups excluding carboxylic acids is 1. The number of nitro groups is 1. The maximum atomic E-state index is 13.8. The molecule has 14 nitrogen and oxygen atoms in total. The van der Waals surface area contributed by atoms with Crippen LogP contribution in [0, 0.1) is 17.0 Å². The second-order valence-corrected chi connectivity index (χ2v) is 15.5. The molecule has 15 heteroatoms. The summed E-state index contributed by atoms with van der Waals surface area (Å²) < 4.78 is 53.3. The molecule has 6 rings (SSSR count). The fourth-order valence-corrected chi connectivity index (χ4v) is 7.53. The Morgan fingerprint density at radius 3 is 1.84 bits per heavy atom. The fraction of sp³-hybridized carbons (Fsp3) is 0.275. The van der Waals surface area contributed by atoms with Crippen molar-refractivity contribution >= 4 is 21.9 Å². The molecule has 1 aliphatic heterocycles. The van der Waals surface area contributed by atoms with E-state index in [0.717, 1.165) is 45.5 Å². The molecule has 286 valence electrons. The van der Waals surface area contributed by atoms with Gasteiger partial charge in [0.05, 0.1) is 16.4 Å². The number of non-ortho nitro benzene ring substituents is 1. The molecular weight excluding hydrogens is 731 g/mol. The third-order valence-corrected chi connectivity index (χ3v) is 10.3. The van der Waals surface area contributed by atoms with E-state index in [-0.39, 0.29) is 29.2 Å². The van der Waals surface area contributed by atoms with Crippen molar-refractivity contribution in [2.24, 2.45) is 0 Å². The minimum atomic E-state index is -4.58. The average Bonchev–Trinajstić information content (AvgIpc) is 3.55. The predicted octanol–water partition coefficient (Wildman–Crippen LogP) is 6.08. The van der Waals surface area contributed by atoms with Crippen LogP contribution in [0.5, 0.6) is 0 Å². The average molecular weight is 770 g/mol. The van der Waals surface area contributed by atoms with Crippen molar-refractivity contribution in [1.29, 1.82) is 0 Å². The molecule has 3 atom stereocenters. The maximum Gasteiger partial charge on any atom is 0.425 e. The van der Waals surface area contributed by atoms with Crippen molar-refractivity contribution in [2.45, 2.75) is 68.6 Å². The standard InChI is InChI=1S/C40H39N3O11S/c1-27-25-41(37(45)42(36(27)44)38(46)53-39(2,3)4)35-24-33(54-55(49,50)32-22-20-31(21-23-32)43(47)48)34(52-35)26-51-40(28-14-8-5-9-15-28,29-16-10-6-11-17-29)30-18-12-7-13-19-30/h5-23,25,33-35H,24,26H2,1-4H3/t33-,34-,35-/m1/s1. The van der Waals surface area contributed by atoms with E-state index in [9.17, 15) is 32.9 Å². The van der Waals surface area contributed by atoms with Gasteiger partial charge in [-0.25, -0.2) is 9.59 Å².